The number of pyridine rings is 1. The number of amides is 1. The fourth-order valence-corrected chi connectivity index (χ4v) is 4.12. The Morgan fingerprint density at radius 3 is 2.73 bits per heavy atom. The van der Waals surface area contributed by atoms with E-state index in [9.17, 15) is 10.1 Å². The molecule has 0 spiro atoms. The minimum absolute atomic E-state index is 0.229. The van der Waals surface area contributed by atoms with Gasteiger partial charge in [-0.3, -0.25) is 0 Å². The van der Waals surface area contributed by atoms with Gasteiger partial charge in [0, 0.05) is 47.8 Å². The van der Waals surface area contributed by atoms with Gasteiger partial charge in [0.1, 0.15) is 17.8 Å². The zero-order valence-corrected chi connectivity index (χ0v) is 19.7. The molecule has 0 N–H and O–H groups in total. The number of nitrogens with zero attached hydrogens (tertiary/aromatic N) is 3. The van der Waals surface area contributed by atoms with E-state index in [-0.39, 0.29) is 23.8 Å². The van der Waals surface area contributed by atoms with Crippen LogP contribution in [0.5, 0.6) is 5.88 Å². The Balaban J connectivity index is 1.40. The average Bonchev–Trinajstić information content (AvgIpc) is 3.18. The highest BCUT2D eigenvalue weighted by atomic mass is 35.5. The second-order valence-electron chi connectivity index (χ2n) is 9.11. The van der Waals surface area contributed by atoms with Crippen molar-refractivity contribution in [2.24, 2.45) is 0 Å². The molecule has 1 fully saturated rings. The summed E-state index contributed by atoms with van der Waals surface area (Å²) in [6.45, 7) is 7.12. The SMILES string of the molecule is CC(C)(C)OC(=O)N1CCC(c2cccc(OCc3ccc(C#N)c4cc(Cl)oc34)n2)CC1. The summed E-state index contributed by atoms with van der Waals surface area (Å²) in [6.07, 6.45) is 1.37. The van der Waals surface area contributed by atoms with Gasteiger partial charge in [-0.2, -0.15) is 5.26 Å². The second kappa shape index (κ2) is 9.32. The summed E-state index contributed by atoms with van der Waals surface area (Å²) in [6, 6.07) is 13.1. The predicted octanol–water partition coefficient (Wildman–Crippen LogP) is 6.05. The number of likely N-dealkylation sites (tertiary alicyclic amines) is 1. The number of furan rings is 1. The Bertz CT molecular complexity index is 1200. The van der Waals surface area contributed by atoms with E-state index < -0.39 is 5.60 Å². The zero-order chi connectivity index (χ0) is 23.6. The number of rotatable bonds is 4. The van der Waals surface area contributed by atoms with Crippen molar-refractivity contribution in [1.82, 2.24) is 9.88 Å². The van der Waals surface area contributed by atoms with Crippen LogP contribution < -0.4 is 4.74 Å². The lowest BCUT2D eigenvalue weighted by Crippen LogP contribution is -2.41. The molecule has 0 atom stereocenters. The van der Waals surface area contributed by atoms with E-state index in [2.05, 4.69) is 6.07 Å². The van der Waals surface area contributed by atoms with Gasteiger partial charge in [-0.25, -0.2) is 9.78 Å². The topological polar surface area (TPSA) is 88.6 Å². The fraction of sp³-hybridized carbons (Fsp3) is 0.400. The van der Waals surface area contributed by atoms with Crippen molar-refractivity contribution >= 4 is 28.7 Å². The molecule has 1 saturated heterocycles. The van der Waals surface area contributed by atoms with Crippen molar-refractivity contribution in [1.29, 1.82) is 5.26 Å². The van der Waals surface area contributed by atoms with Crippen LogP contribution in [0.25, 0.3) is 11.0 Å². The quantitative estimate of drug-likeness (QED) is 0.464. The summed E-state index contributed by atoms with van der Waals surface area (Å²) in [5, 5.41) is 10.2. The molecule has 3 heterocycles. The number of nitriles is 1. The normalized spacial score (nSPS) is 14.8. The molecule has 0 aliphatic carbocycles. The lowest BCUT2D eigenvalue weighted by molar-refractivity contribution is 0.0204. The number of hydrogen-bond acceptors (Lipinski definition) is 6. The van der Waals surface area contributed by atoms with Crippen LogP contribution in [-0.2, 0) is 11.3 Å². The van der Waals surface area contributed by atoms with E-state index in [1.807, 2.05) is 39.0 Å². The average molecular weight is 468 g/mol. The van der Waals surface area contributed by atoms with Crippen molar-refractivity contribution in [3.05, 3.63) is 58.4 Å². The van der Waals surface area contributed by atoms with Gasteiger partial charge in [-0.05, 0) is 57.3 Å². The van der Waals surface area contributed by atoms with Crippen molar-refractivity contribution in [3.8, 4) is 11.9 Å². The maximum Gasteiger partial charge on any atom is 0.410 e. The van der Waals surface area contributed by atoms with Gasteiger partial charge >= 0.3 is 6.09 Å². The standard InChI is InChI=1S/C25H26ClN3O4/c1-25(2,3)33-24(30)29-11-9-16(10-12-29)20-5-4-6-22(28-20)31-15-18-8-7-17(14-27)19-13-21(26)32-23(18)19/h4-8,13,16H,9-12,15H2,1-3H3. The van der Waals surface area contributed by atoms with Crippen molar-refractivity contribution in [2.45, 2.75) is 51.7 Å². The molecule has 1 aliphatic heterocycles. The lowest BCUT2D eigenvalue weighted by Gasteiger charge is -2.33. The molecule has 0 unspecified atom stereocenters. The second-order valence-corrected chi connectivity index (χ2v) is 9.48. The highest BCUT2D eigenvalue weighted by Crippen LogP contribution is 2.31. The highest BCUT2D eigenvalue weighted by Gasteiger charge is 2.28. The smallest absolute Gasteiger partial charge is 0.410 e. The molecule has 1 amide bonds. The van der Waals surface area contributed by atoms with Crippen LogP contribution in [0, 0.1) is 11.3 Å². The van der Waals surface area contributed by atoms with Crippen molar-refractivity contribution in [2.75, 3.05) is 13.1 Å². The van der Waals surface area contributed by atoms with Crippen LogP contribution in [-0.4, -0.2) is 34.7 Å². The summed E-state index contributed by atoms with van der Waals surface area (Å²) < 4.78 is 17.0. The Hall–Kier alpha value is -3.24. The van der Waals surface area contributed by atoms with Gasteiger partial charge in [0.2, 0.25) is 5.88 Å². The van der Waals surface area contributed by atoms with E-state index in [4.69, 9.17) is 30.5 Å². The largest absolute Gasteiger partial charge is 0.473 e. The maximum absolute atomic E-state index is 12.3. The number of fused-ring (bicyclic) bond motifs is 1. The van der Waals surface area contributed by atoms with Gasteiger partial charge in [-0.1, -0.05) is 12.1 Å². The third-order valence-corrected chi connectivity index (χ3v) is 5.73. The molecule has 8 heteroatoms. The molecular weight excluding hydrogens is 442 g/mol. The molecule has 172 valence electrons. The molecule has 0 bridgehead atoms. The Morgan fingerprint density at radius 1 is 1.27 bits per heavy atom. The van der Waals surface area contributed by atoms with Crippen LogP contribution in [0.15, 0.2) is 40.8 Å². The number of ether oxygens (including phenoxy) is 2. The molecular formula is C25H26ClN3O4. The third-order valence-electron chi connectivity index (χ3n) is 5.54. The highest BCUT2D eigenvalue weighted by molar-refractivity contribution is 6.29. The van der Waals surface area contributed by atoms with Gasteiger partial charge < -0.3 is 18.8 Å². The number of carbonyl (C=O) groups excluding carboxylic acids is 1. The summed E-state index contributed by atoms with van der Waals surface area (Å²) in [5.74, 6) is 0.759. The maximum atomic E-state index is 12.3. The first-order valence-electron chi connectivity index (χ1n) is 10.9. The van der Waals surface area contributed by atoms with Crippen LogP contribution in [0.1, 0.15) is 56.4 Å². The van der Waals surface area contributed by atoms with Gasteiger partial charge in [0.25, 0.3) is 0 Å². The third kappa shape index (κ3) is 5.40. The Kier molecular flexibility index (Phi) is 6.48. The molecule has 0 radical (unpaired) electrons. The Morgan fingerprint density at radius 2 is 2.03 bits per heavy atom. The van der Waals surface area contributed by atoms with Gasteiger partial charge in [0.15, 0.2) is 5.22 Å². The van der Waals surface area contributed by atoms with E-state index in [1.54, 1.807) is 23.1 Å². The molecule has 1 aromatic carbocycles. The van der Waals surface area contributed by atoms with E-state index in [0.29, 0.717) is 35.5 Å². The molecule has 3 aromatic rings. The molecule has 2 aromatic heterocycles. The molecule has 0 saturated carbocycles. The van der Waals surface area contributed by atoms with Crippen LogP contribution >= 0.6 is 11.6 Å². The number of benzene rings is 1. The van der Waals surface area contributed by atoms with E-state index in [1.165, 1.54) is 0 Å². The predicted molar refractivity (Wildman–Crippen MR) is 124 cm³/mol. The van der Waals surface area contributed by atoms with E-state index in [0.717, 1.165) is 24.1 Å². The number of carbonyl (C=O) groups is 1. The number of piperidine rings is 1. The number of aromatic nitrogens is 1. The first-order chi connectivity index (χ1) is 15.7. The zero-order valence-electron chi connectivity index (χ0n) is 18.9. The minimum Gasteiger partial charge on any atom is -0.473 e. The van der Waals surface area contributed by atoms with Crippen LogP contribution in [0.2, 0.25) is 5.22 Å². The molecule has 1 aliphatic rings. The van der Waals surface area contributed by atoms with E-state index >= 15 is 0 Å². The van der Waals surface area contributed by atoms with Gasteiger partial charge in [-0.15, -0.1) is 0 Å². The van der Waals surface area contributed by atoms with Crippen LogP contribution in [0.4, 0.5) is 4.79 Å². The van der Waals surface area contributed by atoms with Crippen LogP contribution in [0.3, 0.4) is 0 Å². The molecule has 7 nitrogen and oxygen atoms in total. The summed E-state index contributed by atoms with van der Waals surface area (Å²) in [7, 11) is 0. The number of halogens is 1. The number of hydrogen-bond donors (Lipinski definition) is 0. The Labute approximate surface area is 197 Å². The van der Waals surface area contributed by atoms with Gasteiger partial charge in [0.05, 0.1) is 11.6 Å². The lowest BCUT2D eigenvalue weighted by atomic mass is 9.93. The molecule has 33 heavy (non-hydrogen) atoms. The van der Waals surface area contributed by atoms with Crippen molar-refractivity contribution in [3.63, 3.8) is 0 Å². The monoisotopic (exact) mass is 467 g/mol. The first kappa shape index (κ1) is 22.9. The summed E-state index contributed by atoms with van der Waals surface area (Å²) in [4.78, 5) is 18.8. The minimum atomic E-state index is -0.497. The summed E-state index contributed by atoms with van der Waals surface area (Å²) >= 11 is 6.01. The first-order valence-corrected chi connectivity index (χ1v) is 11.3. The fourth-order valence-electron chi connectivity index (χ4n) is 3.93. The van der Waals surface area contributed by atoms with Crippen molar-refractivity contribution < 1.29 is 18.7 Å². The summed E-state index contributed by atoms with van der Waals surface area (Å²) in [5.41, 5.74) is 2.28. The molecule has 4 rings (SSSR count).